The van der Waals surface area contributed by atoms with Crippen LogP contribution in [-0.2, 0) is 34.0 Å². The molecule has 2 saturated heterocycles. The van der Waals surface area contributed by atoms with Gasteiger partial charge in [0, 0.05) is 41.2 Å². The molecule has 2 aromatic rings. The molecule has 2 fully saturated rings. The number of rotatable bonds is 6. The minimum atomic E-state index is -2.21. The van der Waals surface area contributed by atoms with E-state index in [-0.39, 0.29) is 44.4 Å². The highest BCUT2D eigenvalue weighted by molar-refractivity contribution is 6.05. The SMILES string of the molecule is [2H]C1OC([2H])C([2H])([2H])N(Cc2ccc(COc3cccc4c3CN(C3CCC(=O)NC3=O)C4=O)cc2)C1[2H]. The van der Waals surface area contributed by atoms with Gasteiger partial charge in [0.15, 0.2) is 0 Å². The van der Waals surface area contributed by atoms with Crippen LogP contribution in [0.1, 0.15) is 46.7 Å². The second kappa shape index (κ2) is 9.33. The van der Waals surface area contributed by atoms with Gasteiger partial charge in [0.05, 0.1) is 22.5 Å². The maximum absolute atomic E-state index is 13.0. The van der Waals surface area contributed by atoms with Crippen LogP contribution in [0.4, 0.5) is 0 Å². The summed E-state index contributed by atoms with van der Waals surface area (Å²) in [6.07, 6.45) is 0.465. The van der Waals surface area contributed by atoms with Crippen LogP contribution in [0.25, 0.3) is 0 Å². The van der Waals surface area contributed by atoms with Crippen molar-refractivity contribution < 1.29 is 30.7 Å². The largest absolute Gasteiger partial charge is 0.489 e. The number of ether oxygens (including phenoxy) is 2. The van der Waals surface area contributed by atoms with E-state index < -0.39 is 38.1 Å². The number of morpholine rings is 1. The molecule has 33 heavy (non-hydrogen) atoms. The molecule has 4 unspecified atom stereocenters. The summed E-state index contributed by atoms with van der Waals surface area (Å²) in [4.78, 5) is 39.4. The number of benzene rings is 2. The van der Waals surface area contributed by atoms with Gasteiger partial charge in [-0.2, -0.15) is 0 Å². The van der Waals surface area contributed by atoms with Crippen molar-refractivity contribution in [1.82, 2.24) is 15.1 Å². The van der Waals surface area contributed by atoms with Gasteiger partial charge in [-0.3, -0.25) is 24.6 Å². The standard InChI is InChI=1S/C25H27N3O5/c29-23-9-8-21(24(30)26-23)28-15-20-19(25(28)31)2-1-3-22(20)33-16-18-6-4-17(5-7-18)14-27-10-12-32-13-11-27/h1-7,21H,8-16H2,(H,26,29,30)/i10D,11D2,12D,13D. The average molecular weight is 455 g/mol. The van der Waals surface area contributed by atoms with Crippen molar-refractivity contribution in [3.8, 4) is 5.75 Å². The summed E-state index contributed by atoms with van der Waals surface area (Å²) in [6.45, 7) is -5.94. The Morgan fingerprint density at radius 2 is 1.91 bits per heavy atom. The van der Waals surface area contributed by atoms with E-state index in [9.17, 15) is 14.4 Å². The van der Waals surface area contributed by atoms with E-state index in [1.54, 1.807) is 30.3 Å². The zero-order valence-electron chi connectivity index (χ0n) is 22.8. The van der Waals surface area contributed by atoms with Gasteiger partial charge < -0.3 is 14.4 Å². The first-order chi connectivity index (χ1) is 18.1. The molecule has 0 aromatic heterocycles. The number of imide groups is 1. The smallest absolute Gasteiger partial charge is 0.255 e. The number of carbonyl (C=O) groups excluding carboxylic acids is 3. The molecular weight excluding hydrogens is 422 g/mol. The number of nitrogens with zero attached hydrogens (tertiary/aromatic N) is 2. The molecule has 5 rings (SSSR count). The van der Waals surface area contributed by atoms with Gasteiger partial charge in [0.1, 0.15) is 18.4 Å². The summed E-state index contributed by atoms with van der Waals surface area (Å²) < 4.78 is 50.9. The maximum atomic E-state index is 13.0. The van der Waals surface area contributed by atoms with E-state index in [1.807, 2.05) is 12.1 Å². The molecule has 8 nitrogen and oxygen atoms in total. The zero-order chi connectivity index (χ0) is 27.2. The van der Waals surface area contributed by atoms with Gasteiger partial charge >= 0.3 is 0 Å². The van der Waals surface area contributed by atoms with Crippen molar-refractivity contribution in [2.45, 2.75) is 38.6 Å². The highest BCUT2D eigenvalue weighted by Crippen LogP contribution is 2.34. The van der Waals surface area contributed by atoms with Gasteiger partial charge in [-0.1, -0.05) is 30.3 Å². The molecule has 1 N–H and O–H groups in total. The fourth-order valence-corrected chi connectivity index (χ4v) is 4.18. The van der Waals surface area contributed by atoms with Crippen molar-refractivity contribution in [3.63, 3.8) is 0 Å². The van der Waals surface area contributed by atoms with E-state index in [2.05, 4.69) is 5.32 Å². The molecule has 3 aliphatic rings. The predicted octanol–water partition coefficient (Wildman–Crippen LogP) is 1.86. The minimum Gasteiger partial charge on any atom is -0.489 e. The molecule has 0 saturated carbocycles. The van der Waals surface area contributed by atoms with Crippen LogP contribution in [-0.4, -0.2) is 59.7 Å². The van der Waals surface area contributed by atoms with Crippen molar-refractivity contribution in [1.29, 1.82) is 0 Å². The van der Waals surface area contributed by atoms with Crippen LogP contribution in [0.2, 0.25) is 0 Å². The highest BCUT2D eigenvalue weighted by atomic mass is 16.5. The molecule has 0 bridgehead atoms. The van der Waals surface area contributed by atoms with E-state index >= 15 is 0 Å². The lowest BCUT2D eigenvalue weighted by atomic mass is 10.0. The summed E-state index contributed by atoms with van der Waals surface area (Å²) in [5.41, 5.74) is 2.68. The topological polar surface area (TPSA) is 88.2 Å². The minimum absolute atomic E-state index is 0.0426. The average Bonchev–Trinajstić information content (AvgIpc) is 3.22. The van der Waals surface area contributed by atoms with E-state index in [4.69, 9.17) is 16.3 Å². The number of carbonyl (C=O) groups is 3. The van der Waals surface area contributed by atoms with Crippen molar-refractivity contribution in [3.05, 3.63) is 64.7 Å². The monoisotopic (exact) mass is 454 g/mol. The number of hydrogen-bond acceptors (Lipinski definition) is 6. The number of nitrogens with one attached hydrogen (secondary N) is 1. The van der Waals surface area contributed by atoms with Crippen LogP contribution >= 0.6 is 0 Å². The van der Waals surface area contributed by atoms with Gasteiger partial charge in [0.2, 0.25) is 11.8 Å². The Labute approximate surface area is 199 Å². The molecular formula is C25H27N3O5. The molecule has 0 radical (unpaired) electrons. The Balaban J connectivity index is 1.24. The van der Waals surface area contributed by atoms with Gasteiger partial charge in [-0.25, -0.2) is 0 Å². The van der Waals surface area contributed by atoms with E-state index in [0.29, 0.717) is 22.4 Å². The fourth-order valence-electron chi connectivity index (χ4n) is 4.18. The lowest BCUT2D eigenvalue weighted by molar-refractivity contribution is -0.136. The normalized spacial score (nSPS) is 31.6. The number of hydrogen-bond donors (Lipinski definition) is 1. The third-order valence-corrected chi connectivity index (χ3v) is 5.92. The molecule has 3 heterocycles. The van der Waals surface area contributed by atoms with Gasteiger partial charge in [-0.05, 0) is 29.7 Å². The molecule has 3 aliphatic heterocycles. The summed E-state index contributed by atoms with van der Waals surface area (Å²) in [5.74, 6) is -0.556. The fraction of sp³-hybridized carbons (Fsp3) is 0.400. The molecule has 0 spiro atoms. The number of amides is 3. The molecule has 0 aliphatic carbocycles. The lowest BCUT2D eigenvalue weighted by Crippen LogP contribution is -2.52. The summed E-state index contributed by atoms with van der Waals surface area (Å²) in [7, 11) is 0. The number of fused-ring (bicyclic) bond motifs is 1. The summed E-state index contributed by atoms with van der Waals surface area (Å²) in [5, 5.41) is 2.29. The van der Waals surface area contributed by atoms with E-state index in [0.717, 1.165) is 10.5 Å². The van der Waals surface area contributed by atoms with E-state index in [1.165, 1.54) is 4.90 Å². The Morgan fingerprint density at radius 3 is 2.73 bits per heavy atom. The Kier molecular flexibility index (Phi) is 4.63. The van der Waals surface area contributed by atoms with Gasteiger partial charge in [0.25, 0.3) is 5.91 Å². The molecule has 4 atom stereocenters. The molecule has 172 valence electrons. The molecule has 8 heteroatoms. The van der Waals surface area contributed by atoms with Crippen LogP contribution in [0.5, 0.6) is 5.75 Å². The lowest BCUT2D eigenvalue weighted by Gasteiger charge is -2.29. The van der Waals surface area contributed by atoms with Crippen molar-refractivity contribution in [2.24, 2.45) is 0 Å². The third-order valence-electron chi connectivity index (χ3n) is 5.92. The van der Waals surface area contributed by atoms with Gasteiger partial charge in [-0.15, -0.1) is 0 Å². The Bertz CT molecular complexity index is 1260. The van der Waals surface area contributed by atoms with Crippen LogP contribution in [0.15, 0.2) is 42.5 Å². The van der Waals surface area contributed by atoms with Crippen LogP contribution in [0, 0.1) is 0 Å². The highest BCUT2D eigenvalue weighted by Gasteiger charge is 2.40. The first-order valence-electron chi connectivity index (χ1n) is 13.5. The Morgan fingerprint density at radius 1 is 1.09 bits per heavy atom. The summed E-state index contributed by atoms with van der Waals surface area (Å²) >= 11 is 0. The second-order valence-corrected chi connectivity index (χ2v) is 8.08. The maximum Gasteiger partial charge on any atom is 0.255 e. The first-order valence-corrected chi connectivity index (χ1v) is 10.7. The van der Waals surface area contributed by atoms with Crippen LogP contribution < -0.4 is 10.1 Å². The predicted molar refractivity (Wildman–Crippen MR) is 119 cm³/mol. The number of piperidine rings is 1. The second-order valence-electron chi connectivity index (χ2n) is 8.08. The molecule has 3 amide bonds. The Hall–Kier alpha value is -3.23. The first kappa shape index (κ1) is 16.4. The molecule has 2 aromatic carbocycles. The van der Waals surface area contributed by atoms with Crippen molar-refractivity contribution >= 4 is 17.7 Å². The van der Waals surface area contributed by atoms with Crippen LogP contribution in [0.3, 0.4) is 0 Å². The summed E-state index contributed by atoms with van der Waals surface area (Å²) in [6, 6.07) is 11.6. The quantitative estimate of drug-likeness (QED) is 0.671. The van der Waals surface area contributed by atoms with Crippen molar-refractivity contribution in [2.75, 3.05) is 26.2 Å². The zero-order valence-corrected chi connectivity index (χ0v) is 17.8. The third kappa shape index (κ3) is 4.62.